The number of anilines is 1. The Morgan fingerprint density at radius 1 is 1.21 bits per heavy atom. The normalized spacial score (nSPS) is 17.5. The summed E-state index contributed by atoms with van der Waals surface area (Å²) in [6, 6.07) is 6.16. The van der Waals surface area contributed by atoms with Crippen LogP contribution in [0.2, 0.25) is 0 Å². The molecule has 29 heavy (non-hydrogen) atoms. The lowest BCUT2D eigenvalue weighted by atomic mass is 10.2. The Morgan fingerprint density at radius 3 is 2.59 bits per heavy atom. The van der Waals surface area contributed by atoms with Gasteiger partial charge in [0, 0.05) is 12.2 Å². The zero-order valence-corrected chi connectivity index (χ0v) is 17.9. The number of rotatable bonds is 12. The molecule has 0 radical (unpaired) electrons. The molecule has 2 rings (SSSR count). The first-order valence-corrected chi connectivity index (χ1v) is 11.2. The summed E-state index contributed by atoms with van der Waals surface area (Å²) in [4.78, 5) is 37.8. The number of unbranched alkanes of at least 4 members (excludes halogenated alkanes) is 3. The van der Waals surface area contributed by atoms with Crippen LogP contribution in [0.1, 0.15) is 46.0 Å². The number of nitrogens with zero attached hydrogens (tertiary/aromatic N) is 1. The number of carbonyl (C=O) groups excluding carboxylic acids is 3. The molecule has 1 saturated heterocycles. The summed E-state index contributed by atoms with van der Waals surface area (Å²) < 4.78 is 10.6. The number of amides is 2. The molecule has 0 aliphatic carbocycles. The number of imide groups is 1. The van der Waals surface area contributed by atoms with Gasteiger partial charge in [0.25, 0.3) is 0 Å². The average Bonchev–Trinajstić information content (AvgIpc) is 3.00. The number of benzene rings is 1. The third-order valence-corrected chi connectivity index (χ3v) is 5.86. The van der Waals surface area contributed by atoms with Gasteiger partial charge in [0.2, 0.25) is 11.8 Å². The molecule has 2 atom stereocenters. The Morgan fingerprint density at radius 2 is 1.93 bits per heavy atom. The highest BCUT2D eigenvalue weighted by molar-refractivity contribution is 8.00. The largest absolute Gasteiger partial charge is 0.494 e. The van der Waals surface area contributed by atoms with E-state index in [-0.39, 0.29) is 30.6 Å². The van der Waals surface area contributed by atoms with Crippen molar-refractivity contribution < 1.29 is 23.9 Å². The summed E-state index contributed by atoms with van der Waals surface area (Å²) in [5.74, 6) is -0.106. The molecular weight excluding hydrogens is 392 g/mol. The summed E-state index contributed by atoms with van der Waals surface area (Å²) in [5, 5.41) is -0.544. The lowest BCUT2D eigenvalue weighted by Crippen LogP contribution is -2.36. The van der Waals surface area contributed by atoms with Crippen molar-refractivity contribution in [3.05, 3.63) is 24.3 Å². The van der Waals surface area contributed by atoms with Gasteiger partial charge in [-0.2, -0.15) is 0 Å². The summed E-state index contributed by atoms with van der Waals surface area (Å²) in [5.41, 5.74) is 6.30. The molecule has 0 aromatic heterocycles. The van der Waals surface area contributed by atoms with Gasteiger partial charge in [0.1, 0.15) is 11.8 Å². The number of hydrogen-bond acceptors (Lipinski definition) is 7. The predicted molar refractivity (Wildman–Crippen MR) is 114 cm³/mol. The van der Waals surface area contributed by atoms with E-state index in [0.717, 1.165) is 18.6 Å². The Balaban J connectivity index is 1.88. The van der Waals surface area contributed by atoms with Gasteiger partial charge < -0.3 is 15.2 Å². The maximum absolute atomic E-state index is 12.7. The van der Waals surface area contributed by atoms with E-state index in [2.05, 4.69) is 6.92 Å². The van der Waals surface area contributed by atoms with Crippen LogP contribution in [-0.2, 0) is 19.1 Å². The molecule has 1 heterocycles. The maximum Gasteiger partial charge on any atom is 0.323 e. The molecule has 2 N–H and O–H groups in total. The predicted octanol–water partition coefficient (Wildman–Crippen LogP) is 2.90. The minimum absolute atomic E-state index is 0.0920. The van der Waals surface area contributed by atoms with Crippen LogP contribution in [0.5, 0.6) is 5.75 Å². The van der Waals surface area contributed by atoms with Gasteiger partial charge in [-0.1, -0.05) is 26.2 Å². The number of hydrogen-bond donors (Lipinski definition) is 1. The molecule has 0 unspecified atom stereocenters. The van der Waals surface area contributed by atoms with Gasteiger partial charge in [-0.05, 0) is 37.6 Å². The first-order valence-electron chi connectivity index (χ1n) is 10.1. The molecule has 160 valence electrons. The summed E-state index contributed by atoms with van der Waals surface area (Å²) in [6.07, 6.45) is 4.62. The summed E-state index contributed by atoms with van der Waals surface area (Å²) >= 11 is 1.21. The lowest BCUT2D eigenvalue weighted by Gasteiger charge is -2.16. The highest BCUT2D eigenvalue weighted by Gasteiger charge is 2.40. The van der Waals surface area contributed by atoms with E-state index in [1.807, 2.05) is 0 Å². The van der Waals surface area contributed by atoms with Gasteiger partial charge in [-0.3, -0.25) is 14.4 Å². The first-order chi connectivity index (χ1) is 14.0. The van der Waals surface area contributed by atoms with Crippen molar-refractivity contribution >= 4 is 35.2 Å². The molecule has 8 heteroatoms. The second-order valence-electron chi connectivity index (χ2n) is 6.86. The molecule has 1 aromatic carbocycles. The number of thioether (sulfide) groups is 1. The molecule has 0 saturated carbocycles. The van der Waals surface area contributed by atoms with Crippen LogP contribution in [0, 0.1) is 0 Å². The number of carbonyl (C=O) groups is 3. The van der Waals surface area contributed by atoms with Crippen molar-refractivity contribution in [3.63, 3.8) is 0 Å². The summed E-state index contributed by atoms with van der Waals surface area (Å²) in [7, 11) is 0. The fourth-order valence-corrected chi connectivity index (χ4v) is 4.04. The Bertz CT molecular complexity index is 695. The second-order valence-corrected chi connectivity index (χ2v) is 8.09. The summed E-state index contributed by atoms with van der Waals surface area (Å²) in [6.45, 7) is 4.78. The van der Waals surface area contributed by atoms with Crippen molar-refractivity contribution in [1.29, 1.82) is 0 Å². The van der Waals surface area contributed by atoms with Gasteiger partial charge in [-0.15, -0.1) is 11.8 Å². The van der Waals surface area contributed by atoms with E-state index in [1.54, 1.807) is 31.2 Å². The zero-order valence-electron chi connectivity index (χ0n) is 17.1. The third kappa shape index (κ3) is 6.75. The van der Waals surface area contributed by atoms with E-state index in [4.69, 9.17) is 15.2 Å². The van der Waals surface area contributed by atoms with Crippen molar-refractivity contribution in [2.75, 3.05) is 23.9 Å². The quantitative estimate of drug-likeness (QED) is 0.314. The number of esters is 1. The van der Waals surface area contributed by atoms with Crippen LogP contribution < -0.4 is 15.4 Å². The smallest absolute Gasteiger partial charge is 0.323 e. The Kier molecular flexibility index (Phi) is 9.47. The van der Waals surface area contributed by atoms with Gasteiger partial charge >= 0.3 is 5.97 Å². The lowest BCUT2D eigenvalue weighted by molar-refractivity contribution is -0.144. The van der Waals surface area contributed by atoms with E-state index < -0.39 is 17.3 Å². The molecule has 7 nitrogen and oxygen atoms in total. The van der Waals surface area contributed by atoms with Crippen molar-refractivity contribution in [3.8, 4) is 5.75 Å². The molecule has 0 spiro atoms. The van der Waals surface area contributed by atoms with E-state index in [0.29, 0.717) is 12.3 Å². The van der Waals surface area contributed by atoms with Crippen molar-refractivity contribution in [2.45, 2.75) is 57.2 Å². The van der Waals surface area contributed by atoms with Gasteiger partial charge in [0.15, 0.2) is 0 Å². The van der Waals surface area contributed by atoms with Crippen LogP contribution in [0.3, 0.4) is 0 Å². The molecule has 1 fully saturated rings. The van der Waals surface area contributed by atoms with Crippen LogP contribution >= 0.6 is 11.8 Å². The fraction of sp³-hybridized carbons (Fsp3) is 0.571. The fourth-order valence-electron chi connectivity index (χ4n) is 2.95. The van der Waals surface area contributed by atoms with Crippen molar-refractivity contribution in [2.24, 2.45) is 5.73 Å². The topological polar surface area (TPSA) is 98.9 Å². The molecule has 1 aromatic rings. The highest BCUT2D eigenvalue weighted by Crippen LogP contribution is 2.31. The highest BCUT2D eigenvalue weighted by atomic mass is 32.2. The second kappa shape index (κ2) is 11.8. The average molecular weight is 423 g/mol. The number of nitrogens with two attached hydrogens (primary N) is 1. The first kappa shape index (κ1) is 23.2. The van der Waals surface area contributed by atoms with Crippen LogP contribution in [0.25, 0.3) is 0 Å². The third-order valence-electron chi connectivity index (χ3n) is 4.53. The van der Waals surface area contributed by atoms with Crippen molar-refractivity contribution in [1.82, 2.24) is 0 Å². The molecule has 0 bridgehead atoms. The van der Waals surface area contributed by atoms with E-state index in [9.17, 15) is 14.4 Å². The minimum atomic E-state index is -0.814. The van der Waals surface area contributed by atoms with Gasteiger partial charge in [-0.25, -0.2) is 4.90 Å². The molecule has 2 amide bonds. The Hall–Kier alpha value is -2.06. The van der Waals surface area contributed by atoms with E-state index in [1.165, 1.54) is 29.5 Å². The maximum atomic E-state index is 12.7. The minimum Gasteiger partial charge on any atom is -0.494 e. The van der Waals surface area contributed by atoms with Crippen LogP contribution in [0.15, 0.2) is 24.3 Å². The standard InChI is InChI=1S/C21H30N2O5S/c1-3-5-6-7-12-28-16-10-8-15(9-11-16)23-19(24)13-18(20(23)25)29-14-17(22)21(26)27-4-2/h8-11,17-18H,3-7,12-14,22H2,1-2H3/t17-,18+/m1/s1. The number of ether oxygens (including phenoxy) is 2. The van der Waals surface area contributed by atoms with E-state index >= 15 is 0 Å². The molecule has 1 aliphatic heterocycles. The molecule has 1 aliphatic rings. The van der Waals surface area contributed by atoms with Gasteiger partial charge in [0.05, 0.1) is 24.2 Å². The molecular formula is C21H30N2O5S. The SMILES string of the molecule is CCCCCCOc1ccc(N2C(=O)C[C@H](SC[C@@H](N)C(=O)OCC)C2=O)cc1. The zero-order chi connectivity index (χ0) is 21.2. The Labute approximate surface area is 176 Å². The monoisotopic (exact) mass is 422 g/mol. The van der Waals surface area contributed by atoms with Crippen LogP contribution in [0.4, 0.5) is 5.69 Å². The van der Waals surface area contributed by atoms with Crippen LogP contribution in [-0.4, -0.2) is 48.0 Å².